The van der Waals surface area contributed by atoms with Crippen LogP contribution in [0, 0.1) is 0 Å². The highest BCUT2D eigenvalue weighted by atomic mass is 16.6. The second kappa shape index (κ2) is 56.9. The zero-order valence-electron chi connectivity index (χ0n) is 45.0. The van der Waals surface area contributed by atoms with E-state index in [2.05, 4.69) is 118 Å². The lowest BCUT2D eigenvalue weighted by atomic mass is 10.0. The zero-order chi connectivity index (χ0) is 50.0. The number of rotatable bonds is 51. The van der Waals surface area contributed by atoms with Crippen LogP contribution in [0.4, 0.5) is 0 Å². The number of allylic oxidation sites excluding steroid dienone is 16. The third-order valence-electron chi connectivity index (χ3n) is 12.1. The molecule has 0 radical (unpaired) electrons. The number of ether oxygens (including phenoxy) is 3. The number of esters is 3. The van der Waals surface area contributed by atoms with Crippen molar-refractivity contribution < 1.29 is 28.6 Å². The summed E-state index contributed by atoms with van der Waals surface area (Å²) in [6, 6.07) is 0. The zero-order valence-corrected chi connectivity index (χ0v) is 45.0. The Morgan fingerprint density at radius 1 is 0.319 bits per heavy atom. The van der Waals surface area contributed by atoms with E-state index in [1.807, 2.05) is 0 Å². The van der Waals surface area contributed by atoms with Crippen molar-refractivity contribution in [2.75, 3.05) is 13.2 Å². The van der Waals surface area contributed by atoms with Crippen LogP contribution in [0.15, 0.2) is 97.2 Å². The molecular formula is C63H106O6. The van der Waals surface area contributed by atoms with Crippen molar-refractivity contribution in [2.45, 2.75) is 271 Å². The van der Waals surface area contributed by atoms with Crippen molar-refractivity contribution in [3.05, 3.63) is 97.2 Å². The van der Waals surface area contributed by atoms with E-state index in [4.69, 9.17) is 14.2 Å². The number of hydrogen-bond donors (Lipinski definition) is 0. The molecule has 0 amide bonds. The summed E-state index contributed by atoms with van der Waals surface area (Å²) in [4.78, 5) is 38.1. The van der Waals surface area contributed by atoms with Gasteiger partial charge >= 0.3 is 17.9 Å². The van der Waals surface area contributed by atoms with Crippen LogP contribution in [0.1, 0.15) is 265 Å². The summed E-state index contributed by atoms with van der Waals surface area (Å²) in [5.41, 5.74) is 0. The molecule has 0 aliphatic heterocycles. The Balaban J connectivity index is 4.51. The van der Waals surface area contributed by atoms with Gasteiger partial charge < -0.3 is 14.2 Å². The molecule has 0 saturated heterocycles. The summed E-state index contributed by atoms with van der Waals surface area (Å²) in [7, 11) is 0. The monoisotopic (exact) mass is 959 g/mol. The maximum absolute atomic E-state index is 12.8. The van der Waals surface area contributed by atoms with E-state index < -0.39 is 6.10 Å². The summed E-state index contributed by atoms with van der Waals surface area (Å²) in [5.74, 6) is -0.980. The predicted molar refractivity (Wildman–Crippen MR) is 297 cm³/mol. The van der Waals surface area contributed by atoms with Gasteiger partial charge in [-0.05, 0) is 83.5 Å². The summed E-state index contributed by atoms with van der Waals surface area (Å²) in [6.45, 7) is 6.46. The van der Waals surface area contributed by atoms with E-state index in [-0.39, 0.29) is 37.5 Å². The highest BCUT2D eigenvalue weighted by Crippen LogP contribution is 2.15. The predicted octanol–water partition coefficient (Wildman–Crippen LogP) is 19.3. The van der Waals surface area contributed by atoms with Gasteiger partial charge in [0.15, 0.2) is 6.10 Å². The Bertz CT molecular complexity index is 1380. The summed E-state index contributed by atoms with van der Waals surface area (Å²) in [6.07, 6.45) is 75.4. The molecule has 0 N–H and O–H groups in total. The lowest BCUT2D eigenvalue weighted by Crippen LogP contribution is -2.30. The Hall–Kier alpha value is -3.67. The first-order valence-corrected chi connectivity index (χ1v) is 28.8. The molecule has 0 aliphatic rings. The van der Waals surface area contributed by atoms with Gasteiger partial charge in [-0.3, -0.25) is 14.4 Å². The fourth-order valence-corrected chi connectivity index (χ4v) is 7.83. The van der Waals surface area contributed by atoms with Gasteiger partial charge in [-0.2, -0.15) is 0 Å². The van der Waals surface area contributed by atoms with Gasteiger partial charge in [0.1, 0.15) is 13.2 Å². The normalized spacial score (nSPS) is 12.8. The van der Waals surface area contributed by atoms with Crippen molar-refractivity contribution in [1.82, 2.24) is 0 Å². The highest BCUT2D eigenvalue weighted by molar-refractivity contribution is 5.71. The minimum absolute atomic E-state index is 0.106. The molecule has 0 aromatic carbocycles. The molecule has 6 heteroatoms. The second-order valence-electron chi connectivity index (χ2n) is 18.9. The van der Waals surface area contributed by atoms with E-state index in [0.717, 1.165) is 103 Å². The van der Waals surface area contributed by atoms with Crippen molar-refractivity contribution in [3.63, 3.8) is 0 Å². The molecule has 394 valence electrons. The first kappa shape index (κ1) is 65.3. The van der Waals surface area contributed by atoms with E-state index in [0.29, 0.717) is 19.3 Å². The molecule has 0 spiro atoms. The minimum atomic E-state index is -0.816. The lowest BCUT2D eigenvalue weighted by Gasteiger charge is -2.18. The van der Waals surface area contributed by atoms with Gasteiger partial charge in [-0.25, -0.2) is 0 Å². The number of carbonyl (C=O) groups is 3. The van der Waals surface area contributed by atoms with Gasteiger partial charge in [0.2, 0.25) is 0 Å². The van der Waals surface area contributed by atoms with E-state index in [1.165, 1.54) is 116 Å². The molecule has 0 saturated carbocycles. The largest absolute Gasteiger partial charge is 0.462 e. The van der Waals surface area contributed by atoms with Crippen LogP contribution in [0.3, 0.4) is 0 Å². The maximum atomic E-state index is 12.8. The Morgan fingerprint density at radius 3 is 1.03 bits per heavy atom. The molecule has 1 unspecified atom stereocenters. The third kappa shape index (κ3) is 55.1. The second-order valence-corrected chi connectivity index (χ2v) is 18.9. The summed E-state index contributed by atoms with van der Waals surface area (Å²) >= 11 is 0. The third-order valence-corrected chi connectivity index (χ3v) is 12.1. The van der Waals surface area contributed by atoms with E-state index in [1.54, 1.807) is 0 Å². The standard InChI is InChI=1S/C63H106O6/c1-4-7-10-13-16-19-22-25-28-31-33-35-38-41-44-47-50-53-56-62(65)68-59-60(58-67-61(64)55-52-49-46-43-40-37-34-30-27-24-21-18-15-12-9-6-3)69-63(66)57-54-51-48-45-42-39-36-32-29-26-23-20-17-14-11-8-5-2/h8,11,17,20,22,25-26,28-29,31,33,35-36,39,45,48,60H,4-7,9-10,12-16,18-19,21,23-24,27,30,32,34,37-38,40-44,46-47,49-59H2,1-3H3/b11-8-,20-17-,25-22-,29-26-,31-28-,35-33-,39-36-,48-45-. The molecule has 0 aliphatic carbocycles. The van der Waals surface area contributed by atoms with Crippen molar-refractivity contribution in [1.29, 1.82) is 0 Å². The Morgan fingerprint density at radius 2 is 0.638 bits per heavy atom. The fourth-order valence-electron chi connectivity index (χ4n) is 7.83. The van der Waals surface area contributed by atoms with Crippen LogP contribution in [0.2, 0.25) is 0 Å². The topological polar surface area (TPSA) is 78.9 Å². The smallest absolute Gasteiger partial charge is 0.306 e. The number of hydrogen-bond acceptors (Lipinski definition) is 6. The molecule has 0 aromatic rings. The van der Waals surface area contributed by atoms with Crippen LogP contribution in [-0.2, 0) is 28.6 Å². The van der Waals surface area contributed by atoms with Crippen LogP contribution < -0.4 is 0 Å². The number of carbonyl (C=O) groups excluding carboxylic acids is 3. The molecule has 0 fully saturated rings. The van der Waals surface area contributed by atoms with Gasteiger partial charge in [0, 0.05) is 19.3 Å². The highest BCUT2D eigenvalue weighted by Gasteiger charge is 2.19. The quantitative estimate of drug-likeness (QED) is 0.0199. The average Bonchev–Trinajstić information content (AvgIpc) is 3.35. The van der Waals surface area contributed by atoms with Crippen molar-refractivity contribution in [2.24, 2.45) is 0 Å². The van der Waals surface area contributed by atoms with Gasteiger partial charge in [-0.15, -0.1) is 0 Å². The molecule has 69 heavy (non-hydrogen) atoms. The molecule has 0 heterocycles. The van der Waals surface area contributed by atoms with Crippen LogP contribution in [0.25, 0.3) is 0 Å². The maximum Gasteiger partial charge on any atom is 0.306 e. The molecule has 6 nitrogen and oxygen atoms in total. The van der Waals surface area contributed by atoms with Gasteiger partial charge in [0.05, 0.1) is 0 Å². The molecular weight excluding hydrogens is 853 g/mol. The van der Waals surface area contributed by atoms with Crippen LogP contribution >= 0.6 is 0 Å². The van der Waals surface area contributed by atoms with E-state index in [9.17, 15) is 14.4 Å². The van der Waals surface area contributed by atoms with E-state index >= 15 is 0 Å². The van der Waals surface area contributed by atoms with Gasteiger partial charge in [0.25, 0.3) is 0 Å². The molecule has 1 atom stereocenters. The molecule has 0 rings (SSSR count). The fraction of sp³-hybridized carbons (Fsp3) is 0.698. The Kier molecular flexibility index (Phi) is 53.9. The first-order valence-electron chi connectivity index (χ1n) is 28.8. The van der Waals surface area contributed by atoms with Gasteiger partial charge in [-0.1, -0.05) is 259 Å². The van der Waals surface area contributed by atoms with Crippen molar-refractivity contribution in [3.8, 4) is 0 Å². The summed E-state index contributed by atoms with van der Waals surface area (Å²) < 4.78 is 16.8. The SMILES string of the molecule is CC/C=C\C/C=C\C/C=C\C/C=C\C/C=C\CCCC(=O)OC(COC(=O)CCCCCCC\C=C/C=C\C=C/CCCCCCC)COC(=O)CCCCCCCCCCCCCCCCCC. The number of unbranched alkanes of at least 4 members (excludes halogenated alkanes) is 26. The minimum Gasteiger partial charge on any atom is -0.462 e. The Labute approximate surface area is 426 Å². The lowest BCUT2D eigenvalue weighted by molar-refractivity contribution is -0.167. The van der Waals surface area contributed by atoms with Crippen molar-refractivity contribution >= 4 is 17.9 Å². The van der Waals surface area contributed by atoms with Crippen LogP contribution in [-0.4, -0.2) is 37.2 Å². The molecule has 0 bridgehead atoms. The molecule has 0 aromatic heterocycles. The average molecular weight is 960 g/mol. The van der Waals surface area contributed by atoms with Crippen LogP contribution in [0.5, 0.6) is 0 Å². The first-order chi connectivity index (χ1) is 34.0. The summed E-state index contributed by atoms with van der Waals surface area (Å²) in [5, 5.41) is 0.